The molecule has 2 aromatic rings. The van der Waals surface area contributed by atoms with Crippen LogP contribution in [0.15, 0.2) is 48.5 Å². The summed E-state index contributed by atoms with van der Waals surface area (Å²) in [4.78, 5) is 23.7. The third-order valence-electron chi connectivity index (χ3n) is 3.71. The van der Waals surface area contributed by atoms with Gasteiger partial charge in [-0.05, 0) is 18.1 Å². The minimum atomic E-state index is -1.65. The highest BCUT2D eigenvalue weighted by molar-refractivity contribution is 5.98. The number of aliphatic carboxylic acids is 1. The minimum Gasteiger partial charge on any atom is -0.480 e. The van der Waals surface area contributed by atoms with E-state index in [2.05, 4.69) is 17.2 Å². The van der Waals surface area contributed by atoms with Crippen LogP contribution in [-0.4, -0.2) is 24.0 Å². The average molecular weight is 307 g/mol. The van der Waals surface area contributed by atoms with E-state index in [1.54, 1.807) is 48.5 Å². The van der Waals surface area contributed by atoms with Gasteiger partial charge in [0.1, 0.15) is 11.5 Å². The van der Waals surface area contributed by atoms with Gasteiger partial charge >= 0.3 is 5.97 Å². The number of amides is 1. The van der Waals surface area contributed by atoms with E-state index in [1.807, 2.05) is 0 Å². The molecule has 0 saturated carbocycles. The lowest BCUT2D eigenvalue weighted by molar-refractivity contribution is -0.140. The van der Waals surface area contributed by atoms with E-state index in [-0.39, 0.29) is 0 Å². The first kappa shape index (κ1) is 14.7. The second-order valence-electron chi connectivity index (χ2n) is 4.98. The molecular formula is C18H13NO4. The van der Waals surface area contributed by atoms with Crippen LogP contribution in [0.4, 0.5) is 0 Å². The van der Waals surface area contributed by atoms with Crippen molar-refractivity contribution in [3.05, 3.63) is 59.7 Å². The molecule has 0 saturated heterocycles. The van der Waals surface area contributed by atoms with Gasteiger partial charge in [-0.3, -0.25) is 4.79 Å². The van der Waals surface area contributed by atoms with Gasteiger partial charge < -0.3 is 15.2 Å². The van der Waals surface area contributed by atoms with Crippen molar-refractivity contribution < 1.29 is 19.4 Å². The molecule has 0 radical (unpaired) electrons. The van der Waals surface area contributed by atoms with Crippen molar-refractivity contribution in [3.8, 4) is 23.3 Å². The van der Waals surface area contributed by atoms with Crippen LogP contribution < -0.4 is 10.1 Å². The fourth-order valence-electron chi connectivity index (χ4n) is 2.63. The number of fused-ring (bicyclic) bond motifs is 2. The van der Waals surface area contributed by atoms with Gasteiger partial charge in [-0.1, -0.05) is 42.3 Å². The molecule has 0 spiro atoms. The molecule has 0 aromatic heterocycles. The number of carbonyl (C=O) groups is 2. The predicted molar refractivity (Wildman–Crippen MR) is 83.2 cm³/mol. The molecular weight excluding hydrogens is 294 g/mol. The van der Waals surface area contributed by atoms with Gasteiger partial charge in [-0.15, -0.1) is 0 Å². The Morgan fingerprint density at radius 3 is 2.04 bits per heavy atom. The Balaban J connectivity index is 2.35. The smallest absolute Gasteiger partial charge is 0.331 e. The van der Waals surface area contributed by atoms with Crippen molar-refractivity contribution >= 4 is 11.9 Å². The number of para-hydroxylation sites is 2. The van der Waals surface area contributed by atoms with E-state index < -0.39 is 17.3 Å². The zero-order valence-corrected chi connectivity index (χ0v) is 12.3. The van der Waals surface area contributed by atoms with Crippen molar-refractivity contribution in [1.82, 2.24) is 5.32 Å². The highest BCUT2D eigenvalue weighted by atomic mass is 16.5. The van der Waals surface area contributed by atoms with Crippen LogP contribution in [0.2, 0.25) is 0 Å². The Hall–Kier alpha value is -3.26. The van der Waals surface area contributed by atoms with Gasteiger partial charge in [0.25, 0.3) is 5.91 Å². The summed E-state index contributed by atoms with van der Waals surface area (Å²) in [6.07, 6.45) is 0. The summed E-state index contributed by atoms with van der Waals surface area (Å²) in [5, 5.41) is 12.4. The summed E-state index contributed by atoms with van der Waals surface area (Å²) < 4.78 is 5.78. The maximum Gasteiger partial charge on any atom is 0.331 e. The monoisotopic (exact) mass is 307 g/mol. The highest BCUT2D eigenvalue weighted by Crippen LogP contribution is 2.47. The normalized spacial score (nSPS) is 13.4. The zero-order valence-electron chi connectivity index (χ0n) is 12.3. The number of hydrogen-bond donors (Lipinski definition) is 2. The Bertz CT molecular complexity index is 815. The Morgan fingerprint density at radius 1 is 1.04 bits per heavy atom. The number of carboxylic acids is 1. The summed E-state index contributed by atoms with van der Waals surface area (Å²) in [6.45, 7) is 0. The standard InChI is InChI=1S/C18H13NO4/c1-19-16(20)10-11-18(17(21)22)12-6-2-4-8-14(12)23-15-9-5-3-7-13(15)18/h2-9H,1H3,(H,19,20)(H,21,22). The van der Waals surface area contributed by atoms with Crippen LogP contribution >= 0.6 is 0 Å². The van der Waals surface area contributed by atoms with Crippen LogP contribution in [0.5, 0.6) is 11.5 Å². The molecule has 2 N–H and O–H groups in total. The molecule has 0 fully saturated rings. The lowest BCUT2D eigenvalue weighted by Crippen LogP contribution is -2.38. The van der Waals surface area contributed by atoms with Crippen molar-refractivity contribution in [1.29, 1.82) is 0 Å². The third-order valence-corrected chi connectivity index (χ3v) is 3.71. The minimum absolute atomic E-state index is 0.405. The van der Waals surface area contributed by atoms with Gasteiger partial charge in [0.15, 0.2) is 5.41 Å². The van der Waals surface area contributed by atoms with Gasteiger partial charge in [-0.2, -0.15) is 0 Å². The number of hydrogen-bond acceptors (Lipinski definition) is 3. The molecule has 1 heterocycles. The molecule has 0 bridgehead atoms. The molecule has 0 atom stereocenters. The summed E-state index contributed by atoms with van der Waals surface area (Å²) in [6, 6.07) is 13.6. The average Bonchev–Trinajstić information content (AvgIpc) is 2.58. The van der Waals surface area contributed by atoms with Crippen LogP contribution in [0.3, 0.4) is 0 Å². The van der Waals surface area contributed by atoms with E-state index >= 15 is 0 Å². The first-order valence-corrected chi connectivity index (χ1v) is 6.94. The topological polar surface area (TPSA) is 75.6 Å². The van der Waals surface area contributed by atoms with Gasteiger partial charge in [0.05, 0.1) is 0 Å². The van der Waals surface area contributed by atoms with E-state index in [9.17, 15) is 14.7 Å². The van der Waals surface area contributed by atoms with Crippen molar-refractivity contribution in [2.75, 3.05) is 7.05 Å². The molecule has 2 aromatic carbocycles. The number of rotatable bonds is 1. The number of carbonyl (C=O) groups excluding carboxylic acids is 1. The fourth-order valence-corrected chi connectivity index (χ4v) is 2.63. The van der Waals surface area contributed by atoms with E-state index in [0.29, 0.717) is 22.6 Å². The number of benzene rings is 2. The van der Waals surface area contributed by atoms with Gasteiger partial charge in [0, 0.05) is 18.2 Å². The van der Waals surface area contributed by atoms with E-state index in [4.69, 9.17) is 4.74 Å². The highest BCUT2D eigenvalue weighted by Gasteiger charge is 2.47. The Kier molecular flexibility index (Phi) is 3.51. The van der Waals surface area contributed by atoms with Gasteiger partial charge in [0.2, 0.25) is 0 Å². The summed E-state index contributed by atoms with van der Waals surface area (Å²) in [5.41, 5.74) is -0.844. The van der Waals surface area contributed by atoms with Crippen LogP contribution in [0, 0.1) is 11.8 Å². The van der Waals surface area contributed by atoms with E-state index in [0.717, 1.165) is 0 Å². The molecule has 5 heteroatoms. The maximum absolute atomic E-state index is 12.2. The van der Waals surface area contributed by atoms with Crippen LogP contribution in [0.1, 0.15) is 11.1 Å². The van der Waals surface area contributed by atoms with Crippen molar-refractivity contribution in [3.63, 3.8) is 0 Å². The lowest BCUT2D eigenvalue weighted by atomic mass is 9.73. The molecule has 23 heavy (non-hydrogen) atoms. The van der Waals surface area contributed by atoms with Gasteiger partial charge in [-0.25, -0.2) is 4.79 Å². The largest absolute Gasteiger partial charge is 0.480 e. The van der Waals surface area contributed by atoms with E-state index in [1.165, 1.54) is 7.05 Å². The molecule has 1 aliphatic heterocycles. The quantitative estimate of drug-likeness (QED) is 0.789. The zero-order chi connectivity index (χ0) is 16.4. The third kappa shape index (κ3) is 2.21. The van der Waals surface area contributed by atoms with Crippen LogP contribution in [-0.2, 0) is 15.0 Å². The number of nitrogens with one attached hydrogen (secondary N) is 1. The first-order valence-electron chi connectivity index (χ1n) is 6.94. The Labute approximate surface area is 132 Å². The molecule has 5 nitrogen and oxygen atoms in total. The molecule has 1 amide bonds. The number of ether oxygens (including phenoxy) is 1. The number of carboxylic acid groups (broad SMARTS) is 1. The molecule has 0 unspecified atom stereocenters. The molecule has 114 valence electrons. The molecule has 1 aliphatic rings. The van der Waals surface area contributed by atoms with Crippen molar-refractivity contribution in [2.45, 2.75) is 5.41 Å². The summed E-state index contributed by atoms with van der Waals surface area (Å²) >= 11 is 0. The second-order valence-corrected chi connectivity index (χ2v) is 4.98. The maximum atomic E-state index is 12.2. The van der Waals surface area contributed by atoms with Crippen molar-refractivity contribution in [2.24, 2.45) is 0 Å². The molecule has 3 rings (SSSR count). The lowest BCUT2D eigenvalue weighted by Gasteiger charge is -2.32. The predicted octanol–water partition coefficient (Wildman–Crippen LogP) is 1.91. The summed E-state index contributed by atoms with van der Waals surface area (Å²) in [5.74, 6) is 4.15. The second kappa shape index (κ2) is 5.50. The SMILES string of the molecule is CNC(=O)C#CC1(C(=O)O)c2ccccc2Oc2ccccc21. The molecule has 0 aliphatic carbocycles. The van der Waals surface area contributed by atoms with Crippen LogP contribution in [0.25, 0.3) is 0 Å². The Morgan fingerprint density at radius 2 is 1.57 bits per heavy atom. The summed E-state index contributed by atoms with van der Waals surface area (Å²) in [7, 11) is 1.44. The first-order chi connectivity index (χ1) is 11.1. The fraction of sp³-hybridized carbons (Fsp3) is 0.111.